The lowest BCUT2D eigenvalue weighted by Crippen LogP contribution is -2.66. The second-order valence-corrected chi connectivity index (χ2v) is 12.1. The Labute approximate surface area is 271 Å². The molecule has 3 aromatic carbocycles. The number of methoxy groups -OCH3 is 6. The molecule has 1 saturated heterocycles. The SMILES string of the molecule is COc1c(C)c(OC)c(OC)c2c1CC1CN3C(C(=O)c4c(OC)c(C)c(OC)c(OC)c4[C@@H]3COCc3ccccc3)C2N1C. The highest BCUT2D eigenvalue weighted by atomic mass is 16.5. The Balaban J connectivity index is 1.59. The van der Waals surface area contributed by atoms with Gasteiger partial charge in [-0.15, -0.1) is 0 Å². The second kappa shape index (κ2) is 12.7. The maximum Gasteiger partial charge on any atom is 0.186 e. The molecular formula is C36H44N2O8. The summed E-state index contributed by atoms with van der Waals surface area (Å²) in [5.41, 5.74) is 5.83. The van der Waals surface area contributed by atoms with Crippen molar-refractivity contribution in [3.05, 3.63) is 69.3 Å². The maximum absolute atomic E-state index is 15.1. The number of ketones is 1. The van der Waals surface area contributed by atoms with E-state index in [1.165, 1.54) is 0 Å². The Kier molecular flexibility index (Phi) is 8.80. The van der Waals surface area contributed by atoms with E-state index in [1.54, 1.807) is 42.7 Å². The number of carbonyl (C=O) groups excluding carboxylic acids is 1. The zero-order valence-electron chi connectivity index (χ0n) is 28.2. The maximum atomic E-state index is 15.1. The molecule has 0 amide bonds. The Morgan fingerprint density at radius 1 is 0.717 bits per heavy atom. The van der Waals surface area contributed by atoms with Crippen LogP contribution in [0.25, 0.3) is 0 Å². The van der Waals surface area contributed by atoms with Gasteiger partial charge in [-0.1, -0.05) is 30.3 Å². The minimum atomic E-state index is -0.587. The van der Waals surface area contributed by atoms with Gasteiger partial charge >= 0.3 is 0 Å². The van der Waals surface area contributed by atoms with Gasteiger partial charge in [0.1, 0.15) is 11.5 Å². The van der Waals surface area contributed by atoms with Gasteiger partial charge in [0.05, 0.1) is 79.6 Å². The molecule has 3 aliphatic rings. The summed E-state index contributed by atoms with van der Waals surface area (Å²) < 4.78 is 42.4. The van der Waals surface area contributed by atoms with E-state index in [-0.39, 0.29) is 23.9 Å². The Bertz CT molecular complexity index is 1640. The fourth-order valence-corrected chi connectivity index (χ4v) is 8.10. The van der Waals surface area contributed by atoms with Crippen LogP contribution in [0.3, 0.4) is 0 Å². The van der Waals surface area contributed by atoms with Gasteiger partial charge in [0, 0.05) is 40.4 Å². The lowest BCUT2D eigenvalue weighted by molar-refractivity contribution is -0.0569. The third kappa shape index (κ3) is 4.68. The molecule has 1 fully saturated rings. The lowest BCUT2D eigenvalue weighted by atomic mass is 9.73. The molecule has 246 valence electrons. The summed E-state index contributed by atoms with van der Waals surface area (Å²) >= 11 is 0. The van der Waals surface area contributed by atoms with Crippen LogP contribution < -0.4 is 28.4 Å². The number of piperazine rings is 1. The van der Waals surface area contributed by atoms with Crippen LogP contribution in [0.2, 0.25) is 0 Å². The summed E-state index contributed by atoms with van der Waals surface area (Å²) in [4.78, 5) is 19.7. The number of fused-ring (bicyclic) bond motifs is 7. The van der Waals surface area contributed by atoms with E-state index < -0.39 is 6.04 Å². The standard InChI is InChI=1S/C36H44N2O8/c1-19-31(40-4)23-15-22-16-38-24(18-46-17-21-13-11-10-12-14-21)26-27(32(41-5)20(2)34(43-7)36(26)45-9)30(39)29(38)28(37(22)3)25(23)35(44-8)33(19)42-6/h10-14,22,24,28-29H,15-18H2,1-9H3/t22?,24-,28?,29?/m0/s1. The van der Waals surface area contributed by atoms with Crippen LogP contribution in [-0.2, 0) is 17.8 Å². The third-order valence-electron chi connectivity index (χ3n) is 10.0. The Morgan fingerprint density at radius 2 is 1.28 bits per heavy atom. The van der Waals surface area contributed by atoms with Gasteiger partial charge in [-0.25, -0.2) is 0 Å². The smallest absolute Gasteiger partial charge is 0.186 e. The van der Waals surface area contributed by atoms with Crippen molar-refractivity contribution in [1.82, 2.24) is 9.80 Å². The molecule has 3 unspecified atom stereocenters. The average Bonchev–Trinajstić information content (AvgIpc) is 3.06. The molecule has 10 nitrogen and oxygen atoms in total. The molecule has 0 aromatic heterocycles. The normalized spacial score (nSPS) is 22.0. The molecule has 0 radical (unpaired) electrons. The quantitative estimate of drug-likeness (QED) is 0.301. The van der Waals surface area contributed by atoms with Crippen molar-refractivity contribution in [3.8, 4) is 34.5 Å². The van der Waals surface area contributed by atoms with E-state index >= 15 is 4.79 Å². The van der Waals surface area contributed by atoms with E-state index in [9.17, 15) is 0 Å². The highest BCUT2D eigenvalue weighted by molar-refractivity contribution is 6.07. The van der Waals surface area contributed by atoms with Gasteiger partial charge in [-0.2, -0.15) is 0 Å². The molecule has 0 saturated carbocycles. The fourth-order valence-electron chi connectivity index (χ4n) is 8.10. The molecule has 3 aromatic rings. The summed E-state index contributed by atoms with van der Waals surface area (Å²) in [6, 6.07) is 8.89. The van der Waals surface area contributed by atoms with Crippen molar-refractivity contribution >= 4 is 5.78 Å². The first-order valence-electron chi connectivity index (χ1n) is 15.5. The lowest BCUT2D eigenvalue weighted by Gasteiger charge is -2.57. The van der Waals surface area contributed by atoms with Crippen molar-refractivity contribution < 1.29 is 38.0 Å². The van der Waals surface area contributed by atoms with E-state index in [4.69, 9.17) is 33.2 Å². The predicted octanol–water partition coefficient (Wildman–Crippen LogP) is 5.09. The number of nitrogens with zero attached hydrogens (tertiary/aromatic N) is 2. The number of benzene rings is 3. The van der Waals surface area contributed by atoms with Crippen LogP contribution in [0.1, 0.15) is 55.8 Å². The summed E-state index contributed by atoms with van der Waals surface area (Å²) in [7, 11) is 11.9. The first-order chi connectivity index (χ1) is 22.3. The number of rotatable bonds is 10. The van der Waals surface area contributed by atoms with Crippen LogP contribution in [0.4, 0.5) is 0 Å². The Morgan fingerprint density at radius 3 is 1.87 bits per heavy atom. The zero-order chi connectivity index (χ0) is 32.9. The van der Waals surface area contributed by atoms with Crippen LogP contribution >= 0.6 is 0 Å². The minimum Gasteiger partial charge on any atom is -0.496 e. The van der Waals surface area contributed by atoms with Gasteiger partial charge in [0.15, 0.2) is 28.8 Å². The molecule has 10 heteroatoms. The van der Waals surface area contributed by atoms with Gasteiger partial charge < -0.3 is 33.2 Å². The molecule has 3 aliphatic heterocycles. The molecule has 3 heterocycles. The first-order valence-corrected chi connectivity index (χ1v) is 15.5. The molecule has 4 atom stereocenters. The van der Waals surface area contributed by atoms with Gasteiger partial charge in [-0.3, -0.25) is 14.6 Å². The van der Waals surface area contributed by atoms with E-state index in [0.717, 1.165) is 33.6 Å². The zero-order valence-corrected chi connectivity index (χ0v) is 28.2. The molecule has 6 rings (SSSR count). The summed E-state index contributed by atoms with van der Waals surface area (Å²) in [6.45, 7) is 5.25. The van der Waals surface area contributed by atoms with Gasteiger partial charge in [0.2, 0.25) is 0 Å². The van der Waals surface area contributed by atoms with Crippen LogP contribution in [0.15, 0.2) is 30.3 Å². The van der Waals surface area contributed by atoms with Crippen molar-refractivity contribution in [2.75, 3.05) is 62.9 Å². The number of ether oxygens (including phenoxy) is 7. The monoisotopic (exact) mass is 632 g/mol. The van der Waals surface area contributed by atoms with E-state index in [2.05, 4.69) is 16.8 Å². The number of likely N-dealkylation sites (N-methyl/N-ethyl adjacent to an activating group) is 1. The van der Waals surface area contributed by atoms with E-state index in [0.29, 0.717) is 66.1 Å². The molecule has 0 spiro atoms. The highest BCUT2D eigenvalue weighted by Gasteiger charge is 2.56. The summed E-state index contributed by atoms with van der Waals surface area (Å²) in [6.07, 6.45) is 0.715. The van der Waals surface area contributed by atoms with Crippen LogP contribution in [0.5, 0.6) is 34.5 Å². The molecule has 2 bridgehead atoms. The third-order valence-corrected chi connectivity index (χ3v) is 10.0. The highest BCUT2D eigenvalue weighted by Crippen LogP contribution is 2.58. The second-order valence-electron chi connectivity index (χ2n) is 12.1. The molecule has 0 N–H and O–H groups in total. The van der Waals surface area contributed by atoms with E-state index in [1.807, 2.05) is 44.2 Å². The first kappa shape index (κ1) is 32.0. The fraction of sp³-hybridized carbons (Fsp3) is 0.472. The topological polar surface area (TPSA) is 88.2 Å². The van der Waals surface area contributed by atoms with Crippen LogP contribution in [0, 0.1) is 13.8 Å². The largest absolute Gasteiger partial charge is 0.496 e. The molecule has 46 heavy (non-hydrogen) atoms. The summed E-state index contributed by atoms with van der Waals surface area (Å²) in [5.74, 6) is 3.50. The Hall–Kier alpha value is -3.99. The average molecular weight is 633 g/mol. The van der Waals surface area contributed by atoms with Crippen molar-refractivity contribution in [2.45, 2.75) is 51.0 Å². The molecule has 0 aliphatic carbocycles. The van der Waals surface area contributed by atoms with Crippen molar-refractivity contribution in [3.63, 3.8) is 0 Å². The molecular weight excluding hydrogens is 588 g/mol. The number of hydrogen-bond acceptors (Lipinski definition) is 10. The number of Topliss-reactive ketones (excluding diaryl/α,β-unsaturated/α-hetero) is 1. The van der Waals surface area contributed by atoms with Crippen LogP contribution in [-0.4, -0.2) is 90.5 Å². The van der Waals surface area contributed by atoms with Crippen molar-refractivity contribution in [2.24, 2.45) is 0 Å². The number of hydrogen-bond donors (Lipinski definition) is 0. The summed E-state index contributed by atoms with van der Waals surface area (Å²) in [5, 5.41) is 0. The minimum absolute atomic E-state index is 0.0566. The number of carbonyl (C=O) groups is 1. The van der Waals surface area contributed by atoms with Crippen molar-refractivity contribution in [1.29, 1.82) is 0 Å². The predicted molar refractivity (Wildman–Crippen MR) is 173 cm³/mol. The van der Waals surface area contributed by atoms with Gasteiger partial charge in [-0.05, 0) is 32.9 Å². The van der Waals surface area contributed by atoms with Gasteiger partial charge in [0.25, 0.3) is 0 Å².